The van der Waals surface area contributed by atoms with Crippen LogP contribution in [0.4, 0.5) is 0 Å². The third-order valence-corrected chi connectivity index (χ3v) is 2.67. The summed E-state index contributed by atoms with van der Waals surface area (Å²) >= 11 is 6.71. The molecule has 1 heterocycles. The van der Waals surface area contributed by atoms with E-state index in [1.807, 2.05) is 0 Å². The van der Waals surface area contributed by atoms with Gasteiger partial charge in [-0.3, -0.25) is 4.79 Å². The fourth-order valence-corrected chi connectivity index (χ4v) is 1.63. The minimum atomic E-state index is -0.927. The molecule has 2 N–H and O–H groups in total. The lowest BCUT2D eigenvalue weighted by Crippen LogP contribution is -2.30. The smallest absolute Gasteiger partial charge is 0.349 e. The van der Waals surface area contributed by atoms with E-state index in [-0.39, 0.29) is 0 Å². The highest BCUT2D eigenvalue weighted by molar-refractivity contribution is 7.17. The fourth-order valence-electron chi connectivity index (χ4n) is 0.701. The molecule has 0 aliphatic heterocycles. The predicted molar refractivity (Wildman–Crippen MR) is 53.4 cm³/mol. The van der Waals surface area contributed by atoms with Crippen LogP contribution in [0.5, 0.6) is 0 Å². The topological polar surface area (TPSA) is 69.4 Å². The minimum absolute atomic E-state index is 0.350. The number of halogens is 1. The molecule has 0 aliphatic rings. The van der Waals surface area contributed by atoms with Gasteiger partial charge in [-0.2, -0.15) is 0 Å². The maximum Gasteiger partial charge on any atom is 0.349 e. The average Bonchev–Trinajstić information content (AvgIpc) is 2.51. The molecule has 14 heavy (non-hydrogen) atoms. The molecule has 0 saturated carbocycles. The summed E-state index contributed by atoms with van der Waals surface area (Å²) < 4.78 is 5.24. The highest BCUT2D eigenvalue weighted by Crippen LogP contribution is 2.22. The van der Waals surface area contributed by atoms with Crippen molar-refractivity contribution in [1.82, 2.24) is 0 Å². The maximum absolute atomic E-state index is 11.3. The Bertz CT molecular complexity index is 363. The monoisotopic (exact) mass is 233 g/mol. The lowest BCUT2D eigenvalue weighted by atomic mass is 10.4. The van der Waals surface area contributed by atoms with Gasteiger partial charge in [-0.05, 0) is 19.1 Å². The molecule has 76 valence electrons. The number of hydrogen-bond donors (Lipinski definition) is 1. The molecule has 0 unspecified atom stereocenters. The molecule has 1 aromatic heterocycles. The Morgan fingerprint density at radius 3 is 2.64 bits per heavy atom. The van der Waals surface area contributed by atoms with Gasteiger partial charge in [-0.25, -0.2) is 4.79 Å². The Morgan fingerprint density at radius 2 is 2.21 bits per heavy atom. The van der Waals surface area contributed by atoms with Gasteiger partial charge in [-0.15, -0.1) is 11.3 Å². The largest absolute Gasteiger partial charge is 0.448 e. The van der Waals surface area contributed by atoms with E-state index in [0.29, 0.717) is 9.21 Å². The van der Waals surface area contributed by atoms with Crippen molar-refractivity contribution in [1.29, 1.82) is 0 Å². The standard InChI is InChI=1S/C8H8ClNO3S/c1-4(7(10)11)13-8(12)5-2-3-6(9)14-5/h2-4H,1H3,(H2,10,11)/t4-/m1/s1. The molecule has 0 aliphatic carbocycles. The molecule has 1 amide bonds. The molecule has 0 spiro atoms. The van der Waals surface area contributed by atoms with Crippen LogP contribution in [0.1, 0.15) is 16.6 Å². The summed E-state index contributed by atoms with van der Waals surface area (Å²) in [7, 11) is 0. The highest BCUT2D eigenvalue weighted by Gasteiger charge is 2.17. The van der Waals surface area contributed by atoms with Gasteiger partial charge < -0.3 is 10.5 Å². The van der Waals surface area contributed by atoms with Gasteiger partial charge in [0.15, 0.2) is 6.10 Å². The van der Waals surface area contributed by atoms with E-state index in [1.54, 1.807) is 6.07 Å². The SMILES string of the molecule is C[C@@H](OC(=O)c1ccc(Cl)s1)C(N)=O. The van der Waals surface area contributed by atoms with Gasteiger partial charge >= 0.3 is 5.97 Å². The Morgan fingerprint density at radius 1 is 1.57 bits per heavy atom. The summed E-state index contributed by atoms with van der Waals surface area (Å²) in [4.78, 5) is 22.2. The lowest BCUT2D eigenvalue weighted by Gasteiger charge is -2.07. The fraction of sp³-hybridized carbons (Fsp3) is 0.250. The highest BCUT2D eigenvalue weighted by atomic mass is 35.5. The van der Waals surface area contributed by atoms with E-state index in [1.165, 1.54) is 13.0 Å². The molecule has 0 aromatic carbocycles. The van der Waals surface area contributed by atoms with Crippen LogP contribution in [0.3, 0.4) is 0 Å². The summed E-state index contributed by atoms with van der Waals surface area (Å²) in [6, 6.07) is 3.11. The van der Waals surface area contributed by atoms with Crippen LogP contribution >= 0.6 is 22.9 Å². The van der Waals surface area contributed by atoms with E-state index < -0.39 is 18.0 Å². The van der Waals surface area contributed by atoms with Crippen LogP contribution in [-0.4, -0.2) is 18.0 Å². The van der Waals surface area contributed by atoms with Crippen LogP contribution in [0.15, 0.2) is 12.1 Å². The Kier molecular flexibility index (Phi) is 3.49. The Balaban J connectivity index is 2.63. The average molecular weight is 234 g/mol. The van der Waals surface area contributed by atoms with E-state index in [4.69, 9.17) is 22.1 Å². The molecule has 0 fully saturated rings. The summed E-state index contributed by atoms with van der Waals surface area (Å²) in [6.45, 7) is 1.41. The van der Waals surface area contributed by atoms with Crippen LogP contribution in [-0.2, 0) is 9.53 Å². The summed E-state index contributed by atoms with van der Waals surface area (Å²) in [5, 5.41) is 0. The van der Waals surface area contributed by atoms with Crippen LogP contribution in [0.25, 0.3) is 0 Å². The number of carbonyl (C=O) groups excluding carboxylic acids is 2. The minimum Gasteiger partial charge on any atom is -0.448 e. The first-order chi connectivity index (χ1) is 6.50. The molecule has 0 bridgehead atoms. The third kappa shape index (κ3) is 2.71. The molecule has 1 atom stereocenters. The van der Waals surface area contributed by atoms with E-state index in [2.05, 4.69) is 0 Å². The third-order valence-electron chi connectivity index (χ3n) is 1.46. The predicted octanol–water partition coefficient (Wildman–Crippen LogP) is 1.43. The zero-order chi connectivity index (χ0) is 10.7. The van der Waals surface area contributed by atoms with Crippen molar-refractivity contribution in [3.05, 3.63) is 21.3 Å². The number of nitrogens with two attached hydrogens (primary N) is 1. The van der Waals surface area contributed by atoms with Crippen LogP contribution < -0.4 is 5.73 Å². The molecule has 0 saturated heterocycles. The number of amides is 1. The lowest BCUT2D eigenvalue weighted by molar-refractivity contribution is -0.125. The van der Waals surface area contributed by atoms with Crippen molar-refractivity contribution >= 4 is 34.8 Å². The van der Waals surface area contributed by atoms with Crippen molar-refractivity contribution in [2.24, 2.45) is 5.73 Å². The Hall–Kier alpha value is -1.07. The summed E-state index contributed by atoms with van der Waals surface area (Å²) in [6.07, 6.45) is -0.927. The number of thiophene rings is 1. The normalized spacial score (nSPS) is 12.1. The number of esters is 1. The number of rotatable bonds is 3. The van der Waals surface area contributed by atoms with Crippen molar-refractivity contribution in [2.45, 2.75) is 13.0 Å². The van der Waals surface area contributed by atoms with Crippen LogP contribution in [0.2, 0.25) is 4.34 Å². The zero-order valence-corrected chi connectivity index (χ0v) is 8.89. The van der Waals surface area contributed by atoms with Crippen molar-refractivity contribution in [2.75, 3.05) is 0 Å². The summed E-state index contributed by atoms with van der Waals surface area (Å²) in [5.41, 5.74) is 4.93. The first-order valence-electron chi connectivity index (χ1n) is 3.76. The first kappa shape index (κ1) is 11.0. The number of primary amides is 1. The number of carbonyl (C=O) groups is 2. The van der Waals surface area contributed by atoms with Gasteiger partial charge in [0.25, 0.3) is 5.91 Å². The molecule has 6 heteroatoms. The van der Waals surface area contributed by atoms with E-state index in [9.17, 15) is 9.59 Å². The quantitative estimate of drug-likeness (QED) is 0.803. The zero-order valence-electron chi connectivity index (χ0n) is 7.32. The first-order valence-corrected chi connectivity index (χ1v) is 4.96. The number of ether oxygens (including phenoxy) is 1. The van der Waals surface area contributed by atoms with Gasteiger partial charge in [0, 0.05) is 0 Å². The number of hydrogen-bond acceptors (Lipinski definition) is 4. The molecule has 0 radical (unpaired) electrons. The van der Waals surface area contributed by atoms with Crippen molar-refractivity contribution in [3.63, 3.8) is 0 Å². The molecular weight excluding hydrogens is 226 g/mol. The molecule has 1 aromatic rings. The van der Waals surface area contributed by atoms with Crippen molar-refractivity contribution in [3.8, 4) is 0 Å². The van der Waals surface area contributed by atoms with Gasteiger partial charge in [-0.1, -0.05) is 11.6 Å². The maximum atomic E-state index is 11.3. The van der Waals surface area contributed by atoms with Crippen molar-refractivity contribution < 1.29 is 14.3 Å². The second-order valence-corrected chi connectivity index (χ2v) is 4.27. The van der Waals surface area contributed by atoms with E-state index >= 15 is 0 Å². The second-order valence-electron chi connectivity index (χ2n) is 2.55. The second kappa shape index (κ2) is 4.43. The molecule has 1 rings (SSSR count). The van der Waals surface area contributed by atoms with Crippen LogP contribution in [0, 0.1) is 0 Å². The van der Waals surface area contributed by atoms with Gasteiger partial charge in [0.2, 0.25) is 0 Å². The molecule has 4 nitrogen and oxygen atoms in total. The van der Waals surface area contributed by atoms with E-state index in [0.717, 1.165) is 11.3 Å². The van der Waals surface area contributed by atoms with Gasteiger partial charge in [0.05, 0.1) is 4.34 Å². The van der Waals surface area contributed by atoms with Gasteiger partial charge in [0.1, 0.15) is 4.88 Å². The summed E-state index contributed by atoms with van der Waals surface area (Å²) in [5.74, 6) is -1.27. The molecular formula is C8H8ClNO3S. The Labute approximate surface area is 89.6 Å².